The van der Waals surface area contributed by atoms with Gasteiger partial charge in [0, 0.05) is 44.1 Å². The molecule has 4 rings (SSSR count). The predicted molar refractivity (Wildman–Crippen MR) is 107 cm³/mol. The molecule has 1 aromatic heterocycles. The number of hydrogen-bond acceptors (Lipinski definition) is 6. The third kappa shape index (κ3) is 4.86. The first-order valence-electron chi connectivity index (χ1n) is 9.63. The number of morpholine rings is 1. The number of nitrogens with zero attached hydrogens (tertiary/aromatic N) is 3. The molecule has 0 aliphatic carbocycles. The lowest BCUT2D eigenvalue weighted by Crippen LogP contribution is -2.44. The zero-order valence-corrected chi connectivity index (χ0v) is 16.3. The number of piperidine rings is 1. The van der Waals surface area contributed by atoms with E-state index in [1.165, 1.54) is 16.9 Å². The molecule has 0 unspecified atom stereocenters. The fraction of sp³-hybridized carbons (Fsp3) is 0.500. The number of anilines is 1. The number of hydrogen-bond donors (Lipinski definition) is 1. The lowest BCUT2D eigenvalue weighted by atomic mass is 10.0. The number of thiazole rings is 1. The third-order valence-electron chi connectivity index (χ3n) is 5.18. The van der Waals surface area contributed by atoms with Crippen molar-refractivity contribution in [2.24, 2.45) is 0 Å². The van der Waals surface area contributed by atoms with Crippen LogP contribution in [0.15, 0.2) is 35.7 Å². The zero-order chi connectivity index (χ0) is 18.5. The van der Waals surface area contributed by atoms with Gasteiger partial charge in [0.1, 0.15) is 5.69 Å². The summed E-state index contributed by atoms with van der Waals surface area (Å²) in [6, 6.07) is 10.8. The highest BCUT2D eigenvalue weighted by Crippen LogP contribution is 2.22. The normalized spacial score (nSPS) is 19.2. The second kappa shape index (κ2) is 8.82. The van der Waals surface area contributed by atoms with Crippen LogP contribution in [0, 0.1) is 0 Å². The van der Waals surface area contributed by atoms with E-state index in [1.807, 2.05) is 11.4 Å². The van der Waals surface area contributed by atoms with Crippen LogP contribution in [-0.4, -0.2) is 61.2 Å². The average molecular weight is 387 g/mol. The van der Waals surface area contributed by atoms with Crippen molar-refractivity contribution in [3.05, 3.63) is 47.0 Å². The van der Waals surface area contributed by atoms with Crippen LogP contribution in [0.4, 0.5) is 5.13 Å². The first-order valence-corrected chi connectivity index (χ1v) is 10.5. The number of amides is 1. The minimum atomic E-state index is -0.0488. The van der Waals surface area contributed by atoms with Crippen molar-refractivity contribution >= 4 is 22.4 Å². The highest BCUT2D eigenvalue weighted by Gasteiger charge is 2.23. The maximum Gasteiger partial charge on any atom is 0.271 e. The zero-order valence-electron chi connectivity index (χ0n) is 15.5. The molecule has 2 fully saturated rings. The number of benzene rings is 1. The summed E-state index contributed by atoms with van der Waals surface area (Å²) in [5.74, 6) is -0.0488. The molecule has 2 aliphatic rings. The van der Waals surface area contributed by atoms with Crippen LogP contribution in [-0.2, 0) is 11.3 Å². The summed E-state index contributed by atoms with van der Waals surface area (Å²) in [5, 5.41) is 5.95. The quantitative estimate of drug-likeness (QED) is 0.855. The summed E-state index contributed by atoms with van der Waals surface area (Å²) < 4.78 is 5.37. The fourth-order valence-corrected chi connectivity index (χ4v) is 4.46. The molecule has 3 heterocycles. The summed E-state index contributed by atoms with van der Waals surface area (Å²) in [4.78, 5) is 21.7. The number of ether oxygens (including phenoxy) is 1. The molecular weight excluding hydrogens is 360 g/mol. The first-order chi connectivity index (χ1) is 13.3. The highest BCUT2D eigenvalue weighted by molar-refractivity contribution is 7.13. The van der Waals surface area contributed by atoms with Crippen molar-refractivity contribution in [2.75, 3.05) is 44.3 Å². The average Bonchev–Trinajstić information content (AvgIpc) is 3.21. The van der Waals surface area contributed by atoms with Crippen LogP contribution in [0.1, 0.15) is 28.9 Å². The first kappa shape index (κ1) is 18.4. The summed E-state index contributed by atoms with van der Waals surface area (Å²) in [5.41, 5.74) is 1.88. The van der Waals surface area contributed by atoms with E-state index in [4.69, 9.17) is 4.74 Å². The Balaban J connectivity index is 1.25. The van der Waals surface area contributed by atoms with E-state index in [2.05, 4.69) is 44.4 Å². The van der Waals surface area contributed by atoms with E-state index >= 15 is 0 Å². The second-order valence-electron chi connectivity index (χ2n) is 7.12. The molecule has 2 aromatic rings. The van der Waals surface area contributed by atoms with Crippen LogP contribution in [0.25, 0.3) is 0 Å². The Kier molecular flexibility index (Phi) is 6.01. The number of aromatic nitrogens is 1. The Hall–Kier alpha value is -1.96. The van der Waals surface area contributed by atoms with E-state index in [-0.39, 0.29) is 11.9 Å². The topological polar surface area (TPSA) is 57.7 Å². The van der Waals surface area contributed by atoms with Crippen molar-refractivity contribution in [1.82, 2.24) is 15.2 Å². The number of rotatable bonds is 5. The molecule has 0 radical (unpaired) electrons. The third-order valence-corrected chi connectivity index (χ3v) is 6.08. The van der Waals surface area contributed by atoms with Gasteiger partial charge in [-0.2, -0.15) is 0 Å². The van der Waals surface area contributed by atoms with E-state index in [9.17, 15) is 4.79 Å². The van der Waals surface area contributed by atoms with Gasteiger partial charge in [0.15, 0.2) is 5.13 Å². The van der Waals surface area contributed by atoms with Gasteiger partial charge in [0.2, 0.25) is 0 Å². The molecule has 6 nitrogen and oxygen atoms in total. The summed E-state index contributed by atoms with van der Waals surface area (Å²) >= 11 is 1.54. The molecule has 1 amide bonds. The molecule has 0 saturated carbocycles. The highest BCUT2D eigenvalue weighted by atomic mass is 32.1. The van der Waals surface area contributed by atoms with E-state index in [0.29, 0.717) is 5.69 Å². The Labute approximate surface area is 164 Å². The van der Waals surface area contributed by atoms with Gasteiger partial charge in [-0.25, -0.2) is 4.98 Å². The van der Waals surface area contributed by atoms with Crippen molar-refractivity contribution in [2.45, 2.75) is 25.4 Å². The Bertz CT molecular complexity index is 737. The maximum absolute atomic E-state index is 12.6. The van der Waals surface area contributed by atoms with Crippen LogP contribution >= 0.6 is 11.3 Å². The largest absolute Gasteiger partial charge is 0.378 e. The Morgan fingerprint density at radius 3 is 2.63 bits per heavy atom. The smallest absolute Gasteiger partial charge is 0.271 e. The monoisotopic (exact) mass is 386 g/mol. The van der Waals surface area contributed by atoms with Crippen molar-refractivity contribution in [3.63, 3.8) is 0 Å². The van der Waals surface area contributed by atoms with E-state index in [0.717, 1.165) is 63.9 Å². The van der Waals surface area contributed by atoms with Crippen LogP contribution < -0.4 is 10.2 Å². The molecule has 7 heteroatoms. The summed E-state index contributed by atoms with van der Waals surface area (Å²) in [6.07, 6.45) is 1.97. The molecule has 144 valence electrons. The lowest BCUT2D eigenvalue weighted by Gasteiger charge is -2.32. The van der Waals surface area contributed by atoms with Crippen LogP contribution in [0.3, 0.4) is 0 Å². The van der Waals surface area contributed by atoms with Crippen LogP contribution in [0.5, 0.6) is 0 Å². The predicted octanol–water partition coefficient (Wildman–Crippen LogP) is 2.37. The van der Waals surface area contributed by atoms with Gasteiger partial charge in [-0.1, -0.05) is 30.3 Å². The molecule has 0 bridgehead atoms. The summed E-state index contributed by atoms with van der Waals surface area (Å²) in [6.45, 7) is 6.14. The van der Waals surface area contributed by atoms with Crippen molar-refractivity contribution < 1.29 is 9.53 Å². The SMILES string of the molecule is O=C(NC1CCN(Cc2ccccc2)CC1)c1csc(N2CCOCC2)n1. The second-order valence-corrected chi connectivity index (χ2v) is 7.96. The summed E-state index contributed by atoms with van der Waals surface area (Å²) in [7, 11) is 0. The molecule has 27 heavy (non-hydrogen) atoms. The molecule has 1 aromatic carbocycles. The molecule has 0 atom stereocenters. The van der Waals surface area contributed by atoms with Crippen LogP contribution in [0.2, 0.25) is 0 Å². The van der Waals surface area contributed by atoms with Gasteiger partial charge in [0.25, 0.3) is 5.91 Å². The van der Waals surface area contributed by atoms with E-state index in [1.54, 1.807) is 0 Å². The standard InChI is InChI=1S/C20H26N4O2S/c25-19(18-15-27-20(22-18)24-10-12-26-13-11-24)21-17-6-8-23(9-7-17)14-16-4-2-1-3-5-16/h1-5,15,17H,6-14H2,(H,21,25). The lowest BCUT2D eigenvalue weighted by molar-refractivity contribution is 0.0904. The maximum atomic E-state index is 12.6. The van der Waals surface area contributed by atoms with Gasteiger partial charge in [-0.05, 0) is 18.4 Å². The Morgan fingerprint density at radius 1 is 1.15 bits per heavy atom. The van der Waals surface area contributed by atoms with Crippen molar-refractivity contribution in [1.29, 1.82) is 0 Å². The minimum absolute atomic E-state index is 0.0488. The number of likely N-dealkylation sites (tertiary alicyclic amines) is 1. The number of nitrogens with one attached hydrogen (secondary N) is 1. The van der Waals surface area contributed by atoms with Crippen molar-refractivity contribution in [3.8, 4) is 0 Å². The van der Waals surface area contributed by atoms with Gasteiger partial charge in [-0.15, -0.1) is 11.3 Å². The van der Waals surface area contributed by atoms with Gasteiger partial charge in [-0.3, -0.25) is 9.69 Å². The molecule has 0 spiro atoms. The minimum Gasteiger partial charge on any atom is -0.378 e. The number of carbonyl (C=O) groups is 1. The van der Waals surface area contributed by atoms with E-state index < -0.39 is 0 Å². The molecule has 2 aliphatic heterocycles. The Morgan fingerprint density at radius 2 is 1.89 bits per heavy atom. The van der Waals surface area contributed by atoms with Gasteiger partial charge >= 0.3 is 0 Å². The fourth-order valence-electron chi connectivity index (χ4n) is 3.60. The van der Waals surface area contributed by atoms with Gasteiger partial charge in [0.05, 0.1) is 13.2 Å². The molecule has 2 saturated heterocycles. The van der Waals surface area contributed by atoms with Gasteiger partial charge < -0.3 is 15.0 Å². The molecule has 1 N–H and O–H groups in total. The number of carbonyl (C=O) groups excluding carboxylic acids is 1. The molecular formula is C20H26N4O2S.